The molecule has 0 aliphatic carbocycles. The van der Waals surface area contributed by atoms with Crippen molar-refractivity contribution >= 4 is 66.7 Å². The van der Waals surface area contributed by atoms with Gasteiger partial charge in [-0.1, -0.05) is 31.9 Å². The third kappa shape index (κ3) is 6.04. The minimum absolute atomic E-state index is 0.406. The van der Waals surface area contributed by atoms with Crippen LogP contribution in [0.15, 0.2) is 63.5 Å². The Labute approximate surface area is 190 Å². The summed E-state index contributed by atoms with van der Waals surface area (Å²) in [5.74, 6) is 0. The highest BCUT2D eigenvalue weighted by Crippen LogP contribution is 2.23. The van der Waals surface area contributed by atoms with Crippen molar-refractivity contribution in [3.05, 3.63) is 74.9 Å². The molecule has 9 heteroatoms. The Hall–Kier alpha value is -2.91. The van der Waals surface area contributed by atoms with Crippen molar-refractivity contribution in [3.63, 3.8) is 0 Å². The Morgan fingerprint density at radius 1 is 0.667 bits per heavy atom. The summed E-state index contributed by atoms with van der Waals surface area (Å²) in [5, 5.41) is 11.0. The number of nitrogens with one attached hydrogen (secondary N) is 4. The van der Waals surface area contributed by atoms with Gasteiger partial charge in [-0.3, -0.25) is 4.98 Å². The molecule has 0 aliphatic rings. The number of aromatic nitrogens is 1. The fraction of sp³-hybridized carbons (Fsp3) is 0.0952. The van der Waals surface area contributed by atoms with Crippen LogP contribution in [0.25, 0.3) is 0 Å². The second-order valence-electron chi connectivity index (χ2n) is 6.43. The van der Waals surface area contributed by atoms with Gasteiger partial charge in [0.25, 0.3) is 0 Å². The number of carbonyl (C=O) groups is 2. The zero-order valence-electron chi connectivity index (χ0n) is 16.2. The third-order valence-corrected chi connectivity index (χ3v) is 5.16. The van der Waals surface area contributed by atoms with Gasteiger partial charge in [0.15, 0.2) is 0 Å². The molecule has 3 aromatic rings. The molecular weight excluding hydrogens is 514 g/mol. The fourth-order valence-electron chi connectivity index (χ4n) is 2.61. The summed E-state index contributed by atoms with van der Waals surface area (Å²) < 4.78 is 1.84. The molecule has 0 spiro atoms. The number of hydrogen-bond donors (Lipinski definition) is 4. The lowest BCUT2D eigenvalue weighted by Gasteiger charge is -2.14. The number of carbonyl (C=O) groups excluding carboxylic acids is 2. The number of hydrogen-bond acceptors (Lipinski definition) is 3. The van der Waals surface area contributed by atoms with Crippen molar-refractivity contribution in [1.82, 2.24) is 4.98 Å². The molecule has 4 amide bonds. The van der Waals surface area contributed by atoms with Gasteiger partial charge in [-0.05, 0) is 68.4 Å². The van der Waals surface area contributed by atoms with Crippen LogP contribution < -0.4 is 21.3 Å². The molecule has 154 valence electrons. The van der Waals surface area contributed by atoms with E-state index in [1.165, 1.54) is 0 Å². The monoisotopic (exact) mass is 531 g/mol. The van der Waals surface area contributed by atoms with Crippen LogP contribution in [0, 0.1) is 13.8 Å². The summed E-state index contributed by atoms with van der Waals surface area (Å²) in [5.41, 5.74) is 3.57. The Morgan fingerprint density at radius 2 is 1.03 bits per heavy atom. The van der Waals surface area contributed by atoms with Crippen LogP contribution in [-0.2, 0) is 0 Å². The molecule has 1 aromatic heterocycles. The molecule has 0 saturated carbocycles. The van der Waals surface area contributed by atoms with E-state index in [9.17, 15) is 9.59 Å². The number of nitrogens with zero attached hydrogens (tertiary/aromatic N) is 1. The van der Waals surface area contributed by atoms with Gasteiger partial charge < -0.3 is 21.3 Å². The maximum absolute atomic E-state index is 12.3. The van der Waals surface area contributed by atoms with E-state index < -0.39 is 12.1 Å². The first-order valence-electron chi connectivity index (χ1n) is 8.95. The van der Waals surface area contributed by atoms with E-state index >= 15 is 0 Å². The van der Waals surface area contributed by atoms with E-state index in [1.54, 1.807) is 44.2 Å². The van der Waals surface area contributed by atoms with Crippen LogP contribution in [-0.4, -0.2) is 17.0 Å². The van der Waals surface area contributed by atoms with E-state index in [0.29, 0.717) is 34.1 Å². The van der Waals surface area contributed by atoms with Gasteiger partial charge in [0.1, 0.15) is 0 Å². The Kier molecular flexibility index (Phi) is 7.07. The maximum Gasteiger partial charge on any atom is 0.323 e. The van der Waals surface area contributed by atoms with Crippen molar-refractivity contribution in [2.45, 2.75) is 13.8 Å². The summed E-state index contributed by atoms with van der Waals surface area (Å²) in [7, 11) is 0. The standard InChI is InChI=1S/C21H19Br2N5O2/c1-12-18(27-20(29)25-16-7-3-14(22)4-8-16)11-19(13(2)24-12)28-21(30)26-17-9-5-15(23)6-10-17/h3-11H,1-2H3,(H2,25,27,29)(H2,26,28,30). The lowest BCUT2D eigenvalue weighted by atomic mass is 10.2. The average molecular weight is 533 g/mol. The van der Waals surface area contributed by atoms with Crippen LogP contribution in [0.5, 0.6) is 0 Å². The van der Waals surface area contributed by atoms with E-state index in [-0.39, 0.29) is 0 Å². The maximum atomic E-state index is 12.3. The average Bonchev–Trinajstić information content (AvgIpc) is 2.69. The van der Waals surface area contributed by atoms with Crippen LogP contribution >= 0.6 is 31.9 Å². The molecule has 30 heavy (non-hydrogen) atoms. The first-order valence-corrected chi connectivity index (χ1v) is 10.5. The first kappa shape index (κ1) is 21.8. The quantitative estimate of drug-likeness (QED) is 0.308. The molecular formula is C21H19Br2N5O2. The minimum Gasteiger partial charge on any atom is -0.308 e. The number of halogens is 2. The number of rotatable bonds is 4. The van der Waals surface area contributed by atoms with E-state index in [2.05, 4.69) is 58.1 Å². The van der Waals surface area contributed by atoms with Gasteiger partial charge in [0.05, 0.1) is 22.8 Å². The predicted molar refractivity (Wildman–Crippen MR) is 127 cm³/mol. The topological polar surface area (TPSA) is 95.2 Å². The second-order valence-corrected chi connectivity index (χ2v) is 8.26. The van der Waals surface area contributed by atoms with Gasteiger partial charge in [-0.2, -0.15) is 0 Å². The SMILES string of the molecule is Cc1nc(C)c(NC(=O)Nc2ccc(Br)cc2)cc1NC(=O)Nc1ccc(Br)cc1. The van der Waals surface area contributed by atoms with Crippen LogP contribution in [0.4, 0.5) is 32.3 Å². The largest absolute Gasteiger partial charge is 0.323 e. The molecule has 0 bridgehead atoms. The zero-order chi connectivity index (χ0) is 21.7. The van der Waals surface area contributed by atoms with Gasteiger partial charge in [0.2, 0.25) is 0 Å². The number of pyridine rings is 1. The van der Waals surface area contributed by atoms with Crippen molar-refractivity contribution in [2.75, 3.05) is 21.3 Å². The van der Waals surface area contributed by atoms with Crippen LogP contribution in [0.1, 0.15) is 11.4 Å². The fourth-order valence-corrected chi connectivity index (χ4v) is 3.14. The summed E-state index contributed by atoms with van der Waals surface area (Å²) >= 11 is 6.71. The second kappa shape index (κ2) is 9.73. The van der Waals surface area contributed by atoms with Crippen molar-refractivity contribution in [1.29, 1.82) is 0 Å². The molecule has 0 radical (unpaired) electrons. The smallest absolute Gasteiger partial charge is 0.308 e. The summed E-state index contributed by atoms with van der Waals surface area (Å²) in [6.45, 7) is 3.57. The lowest BCUT2D eigenvalue weighted by molar-refractivity contribution is 0.261. The van der Waals surface area contributed by atoms with E-state index in [1.807, 2.05) is 24.3 Å². The van der Waals surface area contributed by atoms with E-state index in [4.69, 9.17) is 0 Å². The van der Waals surface area contributed by atoms with Gasteiger partial charge >= 0.3 is 12.1 Å². The molecule has 2 aromatic carbocycles. The Bertz CT molecular complexity index is 987. The van der Waals surface area contributed by atoms with Crippen molar-refractivity contribution in [2.24, 2.45) is 0 Å². The highest BCUT2D eigenvalue weighted by Gasteiger charge is 2.12. The zero-order valence-corrected chi connectivity index (χ0v) is 19.4. The number of amides is 4. The molecule has 0 fully saturated rings. The van der Waals surface area contributed by atoms with Crippen molar-refractivity contribution in [3.8, 4) is 0 Å². The Morgan fingerprint density at radius 3 is 1.40 bits per heavy atom. The molecule has 4 N–H and O–H groups in total. The summed E-state index contributed by atoms with van der Waals surface area (Å²) in [6.07, 6.45) is 0. The number of urea groups is 2. The molecule has 7 nitrogen and oxygen atoms in total. The normalized spacial score (nSPS) is 10.3. The van der Waals surface area contributed by atoms with Crippen molar-refractivity contribution < 1.29 is 9.59 Å². The molecule has 1 heterocycles. The Balaban J connectivity index is 1.68. The predicted octanol–water partition coefficient (Wildman–Crippen LogP) is 6.51. The summed E-state index contributed by atoms with van der Waals surface area (Å²) in [4.78, 5) is 29.1. The summed E-state index contributed by atoms with van der Waals surface area (Å²) in [6, 6.07) is 15.3. The molecule has 0 unspecified atom stereocenters. The number of benzene rings is 2. The molecule has 0 aliphatic heterocycles. The molecule has 3 rings (SSSR count). The minimum atomic E-state index is -0.406. The lowest BCUT2D eigenvalue weighted by Crippen LogP contribution is -2.22. The highest BCUT2D eigenvalue weighted by molar-refractivity contribution is 9.10. The van der Waals surface area contributed by atoms with Crippen LogP contribution in [0.3, 0.4) is 0 Å². The molecule has 0 atom stereocenters. The van der Waals surface area contributed by atoms with Gasteiger partial charge in [-0.25, -0.2) is 9.59 Å². The highest BCUT2D eigenvalue weighted by atomic mass is 79.9. The van der Waals surface area contributed by atoms with Crippen LogP contribution in [0.2, 0.25) is 0 Å². The first-order chi connectivity index (χ1) is 14.3. The van der Waals surface area contributed by atoms with Gasteiger partial charge in [-0.15, -0.1) is 0 Å². The number of aryl methyl sites for hydroxylation is 2. The van der Waals surface area contributed by atoms with Gasteiger partial charge in [0, 0.05) is 20.3 Å². The molecule has 0 saturated heterocycles. The van der Waals surface area contributed by atoms with E-state index in [0.717, 1.165) is 8.95 Å². The third-order valence-electron chi connectivity index (χ3n) is 4.10. The number of anilines is 4.